The normalized spacial score (nSPS) is 13.2. The third kappa shape index (κ3) is 4.78. The highest BCUT2D eigenvalue weighted by Gasteiger charge is 2.18. The van der Waals surface area contributed by atoms with Gasteiger partial charge in [0.15, 0.2) is 5.03 Å². The van der Waals surface area contributed by atoms with Crippen LogP contribution in [0, 0.1) is 0 Å². The number of rotatable bonds is 8. The molecule has 2 heterocycles. The van der Waals surface area contributed by atoms with Gasteiger partial charge in [-0.05, 0) is 38.8 Å². The third-order valence-corrected chi connectivity index (χ3v) is 4.90. The molecule has 0 bridgehead atoms. The van der Waals surface area contributed by atoms with Crippen LogP contribution in [0.4, 0.5) is 0 Å². The van der Waals surface area contributed by atoms with Crippen LogP contribution in [0.5, 0.6) is 5.88 Å². The van der Waals surface area contributed by atoms with Crippen molar-refractivity contribution in [3.8, 4) is 5.88 Å². The average molecular weight is 352 g/mol. The van der Waals surface area contributed by atoms with Gasteiger partial charge in [-0.2, -0.15) is 0 Å². The molecule has 8 heteroatoms. The van der Waals surface area contributed by atoms with Crippen molar-refractivity contribution < 1.29 is 13.2 Å². The van der Waals surface area contributed by atoms with Crippen molar-refractivity contribution in [2.45, 2.75) is 57.8 Å². The fraction of sp³-hybridized carbons (Fsp3) is 0.500. The van der Waals surface area contributed by atoms with E-state index < -0.39 is 10.0 Å². The van der Waals surface area contributed by atoms with Crippen LogP contribution in [0.2, 0.25) is 0 Å². The molecule has 0 aliphatic heterocycles. The minimum absolute atomic E-state index is 0.0151. The first-order chi connectivity index (χ1) is 11.3. The molecule has 1 atom stereocenters. The molecule has 0 aromatic carbocycles. The van der Waals surface area contributed by atoms with Crippen molar-refractivity contribution in [3.05, 3.63) is 36.4 Å². The summed E-state index contributed by atoms with van der Waals surface area (Å²) in [4.78, 5) is 8.10. The molecule has 2 aromatic rings. The SMILES string of the molecule is CCC(C)Oc1cc(CNS(=O)(=O)c2cn(C(C)C)cn2)ccn1. The first-order valence-electron chi connectivity index (χ1n) is 7.96. The Morgan fingerprint density at radius 2 is 2.04 bits per heavy atom. The lowest BCUT2D eigenvalue weighted by atomic mass is 10.2. The summed E-state index contributed by atoms with van der Waals surface area (Å²) in [6.07, 6.45) is 5.58. The first-order valence-corrected chi connectivity index (χ1v) is 9.45. The second-order valence-electron chi connectivity index (χ2n) is 5.92. The first kappa shape index (κ1) is 18.4. The fourth-order valence-corrected chi connectivity index (χ4v) is 2.86. The lowest BCUT2D eigenvalue weighted by Crippen LogP contribution is -2.23. The molecule has 0 fully saturated rings. The molecule has 0 saturated heterocycles. The Bertz CT molecular complexity index is 771. The van der Waals surface area contributed by atoms with E-state index in [1.807, 2.05) is 27.7 Å². The van der Waals surface area contributed by atoms with Crippen LogP contribution < -0.4 is 9.46 Å². The largest absolute Gasteiger partial charge is 0.475 e. The summed E-state index contributed by atoms with van der Waals surface area (Å²) in [5.74, 6) is 0.491. The maximum atomic E-state index is 12.3. The van der Waals surface area contributed by atoms with Crippen LogP contribution in [0.3, 0.4) is 0 Å². The topological polar surface area (TPSA) is 86.1 Å². The van der Waals surface area contributed by atoms with E-state index >= 15 is 0 Å². The van der Waals surface area contributed by atoms with Crippen LogP contribution in [-0.2, 0) is 16.6 Å². The summed E-state index contributed by atoms with van der Waals surface area (Å²) < 4.78 is 34.6. The molecular weight excluding hydrogens is 328 g/mol. The number of sulfonamides is 1. The maximum absolute atomic E-state index is 12.3. The standard InChI is InChI=1S/C16H24N4O3S/c1-5-13(4)23-15-8-14(6-7-17-15)9-19-24(21,22)16-10-20(11-18-16)12(2)3/h6-8,10-13,19H,5,9H2,1-4H3. The van der Waals surface area contributed by atoms with Crippen molar-refractivity contribution in [2.24, 2.45) is 0 Å². The number of pyridine rings is 1. The van der Waals surface area contributed by atoms with Gasteiger partial charge in [0, 0.05) is 31.0 Å². The van der Waals surface area contributed by atoms with Gasteiger partial charge in [0.1, 0.15) is 0 Å². The Hall–Kier alpha value is -1.93. The summed E-state index contributed by atoms with van der Waals surface area (Å²) in [5, 5.41) is 0.0151. The Labute approximate surface area is 143 Å². The van der Waals surface area contributed by atoms with Gasteiger partial charge in [-0.1, -0.05) is 6.92 Å². The Morgan fingerprint density at radius 1 is 1.29 bits per heavy atom. The third-order valence-electron chi connectivity index (χ3n) is 3.61. The highest BCUT2D eigenvalue weighted by Crippen LogP contribution is 2.14. The van der Waals surface area contributed by atoms with Crippen LogP contribution in [0.15, 0.2) is 35.9 Å². The van der Waals surface area contributed by atoms with Gasteiger partial charge < -0.3 is 9.30 Å². The van der Waals surface area contributed by atoms with E-state index in [0.29, 0.717) is 5.88 Å². The zero-order valence-electron chi connectivity index (χ0n) is 14.4. The zero-order chi connectivity index (χ0) is 17.7. The van der Waals surface area contributed by atoms with Crippen molar-refractivity contribution in [1.29, 1.82) is 0 Å². The molecule has 0 amide bonds. The molecule has 0 radical (unpaired) electrons. The summed E-state index contributed by atoms with van der Waals surface area (Å²) in [5.41, 5.74) is 0.773. The Balaban J connectivity index is 2.05. The molecule has 0 spiro atoms. The highest BCUT2D eigenvalue weighted by molar-refractivity contribution is 7.89. The van der Waals surface area contributed by atoms with Crippen molar-refractivity contribution in [1.82, 2.24) is 19.3 Å². The maximum Gasteiger partial charge on any atom is 0.259 e. The molecule has 2 aromatic heterocycles. The van der Waals surface area contributed by atoms with E-state index in [9.17, 15) is 8.42 Å². The summed E-state index contributed by atoms with van der Waals surface area (Å²) >= 11 is 0. The second kappa shape index (κ2) is 7.76. The number of imidazole rings is 1. The van der Waals surface area contributed by atoms with E-state index in [-0.39, 0.29) is 23.7 Å². The predicted octanol–water partition coefficient (Wildman–Crippen LogP) is 2.51. The molecule has 132 valence electrons. The summed E-state index contributed by atoms with van der Waals surface area (Å²) in [6.45, 7) is 8.06. The number of ether oxygens (including phenoxy) is 1. The molecule has 24 heavy (non-hydrogen) atoms. The van der Waals surface area contributed by atoms with Gasteiger partial charge in [0.2, 0.25) is 5.88 Å². The van der Waals surface area contributed by atoms with Crippen LogP contribution in [0.25, 0.3) is 0 Å². The molecule has 1 N–H and O–H groups in total. The lowest BCUT2D eigenvalue weighted by Gasteiger charge is -2.12. The van der Waals surface area contributed by atoms with Gasteiger partial charge in [0.25, 0.3) is 10.0 Å². The number of hydrogen-bond donors (Lipinski definition) is 1. The molecule has 1 unspecified atom stereocenters. The van der Waals surface area contributed by atoms with Gasteiger partial charge in [0.05, 0.1) is 12.4 Å². The number of hydrogen-bond acceptors (Lipinski definition) is 5. The van der Waals surface area contributed by atoms with Gasteiger partial charge in [-0.15, -0.1) is 0 Å². The average Bonchev–Trinajstić information content (AvgIpc) is 3.04. The van der Waals surface area contributed by atoms with Gasteiger partial charge in [-0.3, -0.25) is 0 Å². The fourth-order valence-electron chi connectivity index (χ4n) is 1.91. The number of nitrogens with zero attached hydrogens (tertiary/aromatic N) is 3. The Morgan fingerprint density at radius 3 is 2.67 bits per heavy atom. The minimum Gasteiger partial charge on any atom is -0.475 e. The number of nitrogens with one attached hydrogen (secondary N) is 1. The minimum atomic E-state index is -3.65. The smallest absolute Gasteiger partial charge is 0.259 e. The van der Waals surface area contributed by atoms with Crippen LogP contribution >= 0.6 is 0 Å². The molecule has 0 saturated carbocycles. The second-order valence-corrected chi connectivity index (χ2v) is 7.63. The quantitative estimate of drug-likeness (QED) is 0.789. The van der Waals surface area contributed by atoms with Crippen molar-refractivity contribution in [2.75, 3.05) is 0 Å². The number of aromatic nitrogens is 3. The van der Waals surface area contributed by atoms with E-state index in [4.69, 9.17) is 4.74 Å². The van der Waals surface area contributed by atoms with E-state index in [2.05, 4.69) is 14.7 Å². The molecule has 7 nitrogen and oxygen atoms in total. The van der Waals surface area contributed by atoms with E-state index in [1.165, 1.54) is 12.5 Å². The summed E-state index contributed by atoms with van der Waals surface area (Å²) in [6, 6.07) is 3.64. The lowest BCUT2D eigenvalue weighted by molar-refractivity contribution is 0.208. The molecule has 0 aliphatic rings. The molecular formula is C16H24N4O3S. The molecule has 0 aliphatic carbocycles. The zero-order valence-corrected chi connectivity index (χ0v) is 15.2. The van der Waals surface area contributed by atoms with Crippen LogP contribution in [0.1, 0.15) is 45.7 Å². The highest BCUT2D eigenvalue weighted by atomic mass is 32.2. The predicted molar refractivity (Wildman–Crippen MR) is 91.3 cm³/mol. The van der Waals surface area contributed by atoms with Crippen molar-refractivity contribution in [3.63, 3.8) is 0 Å². The van der Waals surface area contributed by atoms with E-state index in [1.54, 1.807) is 22.9 Å². The van der Waals surface area contributed by atoms with Crippen molar-refractivity contribution >= 4 is 10.0 Å². The van der Waals surface area contributed by atoms with Crippen LogP contribution in [-0.4, -0.2) is 29.1 Å². The van der Waals surface area contributed by atoms with Gasteiger partial charge >= 0.3 is 0 Å². The van der Waals surface area contributed by atoms with Gasteiger partial charge in [-0.25, -0.2) is 23.1 Å². The summed E-state index contributed by atoms with van der Waals surface area (Å²) in [7, 11) is -3.65. The monoisotopic (exact) mass is 352 g/mol. The Kier molecular flexibility index (Phi) is 5.95. The molecule has 2 rings (SSSR count). The van der Waals surface area contributed by atoms with E-state index in [0.717, 1.165) is 12.0 Å².